The number of anilines is 1. The molecule has 0 unspecified atom stereocenters. The van der Waals surface area contributed by atoms with E-state index in [9.17, 15) is 15.3 Å². The number of hydrogen-bond donors (Lipinski definition) is 4. The van der Waals surface area contributed by atoms with E-state index in [0.717, 1.165) is 17.9 Å². The zero-order valence-corrected chi connectivity index (χ0v) is 11.8. The third-order valence-electron chi connectivity index (χ3n) is 3.02. The topological polar surface area (TPSA) is 82.0 Å². The zero-order valence-electron chi connectivity index (χ0n) is 11.8. The monoisotopic (exact) mass is 289 g/mol. The summed E-state index contributed by atoms with van der Waals surface area (Å²) < 4.78 is 5.49. The van der Waals surface area contributed by atoms with Crippen LogP contribution in [0.3, 0.4) is 0 Å². The van der Waals surface area contributed by atoms with E-state index >= 15 is 0 Å². The van der Waals surface area contributed by atoms with Crippen LogP contribution in [-0.4, -0.2) is 21.9 Å². The van der Waals surface area contributed by atoms with E-state index in [1.807, 2.05) is 24.3 Å². The van der Waals surface area contributed by atoms with Crippen LogP contribution in [-0.2, 0) is 6.54 Å². The number of nitrogens with one attached hydrogen (secondary N) is 1. The highest BCUT2D eigenvalue weighted by molar-refractivity contribution is 5.55. The Balaban J connectivity index is 1.98. The molecule has 0 aliphatic carbocycles. The summed E-state index contributed by atoms with van der Waals surface area (Å²) in [6, 6.07) is 10.4. The summed E-state index contributed by atoms with van der Waals surface area (Å²) in [5.41, 5.74) is 1.36. The molecule has 0 aliphatic rings. The average molecular weight is 289 g/mol. The van der Waals surface area contributed by atoms with Gasteiger partial charge in [-0.25, -0.2) is 0 Å². The summed E-state index contributed by atoms with van der Waals surface area (Å²) in [7, 11) is 0. The molecule has 112 valence electrons. The second-order valence-corrected chi connectivity index (χ2v) is 4.67. The molecule has 2 rings (SSSR count). The van der Waals surface area contributed by atoms with E-state index in [0.29, 0.717) is 18.7 Å². The fourth-order valence-corrected chi connectivity index (χ4v) is 1.84. The lowest BCUT2D eigenvalue weighted by molar-refractivity contribution is 0.317. The molecule has 4 N–H and O–H groups in total. The summed E-state index contributed by atoms with van der Waals surface area (Å²) in [4.78, 5) is 0. The molecular formula is C16H19NO4. The molecule has 0 aliphatic heterocycles. The van der Waals surface area contributed by atoms with Crippen LogP contribution in [0, 0.1) is 0 Å². The van der Waals surface area contributed by atoms with E-state index < -0.39 is 5.75 Å². The lowest BCUT2D eigenvalue weighted by Gasteiger charge is -2.11. The van der Waals surface area contributed by atoms with Crippen molar-refractivity contribution in [1.29, 1.82) is 0 Å². The molecule has 0 saturated heterocycles. The first-order chi connectivity index (χ1) is 10.1. The van der Waals surface area contributed by atoms with Crippen molar-refractivity contribution >= 4 is 5.69 Å². The summed E-state index contributed by atoms with van der Waals surface area (Å²) in [6.07, 6.45) is 0.962. The number of aromatic hydroxyl groups is 3. The first-order valence-corrected chi connectivity index (χ1v) is 6.81. The quantitative estimate of drug-likeness (QED) is 0.614. The van der Waals surface area contributed by atoms with Crippen molar-refractivity contribution in [2.24, 2.45) is 0 Å². The van der Waals surface area contributed by atoms with Gasteiger partial charge in [0.25, 0.3) is 0 Å². The van der Waals surface area contributed by atoms with Gasteiger partial charge >= 0.3 is 0 Å². The van der Waals surface area contributed by atoms with E-state index in [1.54, 1.807) is 6.07 Å². The highest BCUT2D eigenvalue weighted by Crippen LogP contribution is 2.37. The molecule has 0 saturated carbocycles. The smallest absolute Gasteiger partial charge is 0.200 e. The summed E-state index contributed by atoms with van der Waals surface area (Å²) in [5, 5.41) is 31.6. The first kappa shape index (κ1) is 14.8. The molecule has 0 amide bonds. The average Bonchev–Trinajstić information content (AvgIpc) is 2.51. The van der Waals surface area contributed by atoms with Crippen molar-refractivity contribution < 1.29 is 20.1 Å². The Kier molecular flexibility index (Phi) is 4.77. The van der Waals surface area contributed by atoms with Gasteiger partial charge in [-0.2, -0.15) is 0 Å². The Morgan fingerprint density at radius 2 is 1.67 bits per heavy atom. The lowest BCUT2D eigenvalue weighted by atomic mass is 10.1. The van der Waals surface area contributed by atoms with Gasteiger partial charge in [0.1, 0.15) is 5.75 Å². The number of benzene rings is 2. The van der Waals surface area contributed by atoms with E-state index in [4.69, 9.17) is 4.74 Å². The molecule has 0 atom stereocenters. The Morgan fingerprint density at radius 3 is 2.33 bits per heavy atom. The standard InChI is InChI=1S/C16H19NO4/c1-2-9-21-13-6-4-12(5-7-13)17-10-11-3-8-14(18)16(20)15(11)19/h3-8,17-20H,2,9-10H2,1H3. The van der Waals surface area contributed by atoms with Crippen molar-refractivity contribution in [2.75, 3.05) is 11.9 Å². The van der Waals surface area contributed by atoms with E-state index in [2.05, 4.69) is 12.2 Å². The van der Waals surface area contributed by atoms with Crippen molar-refractivity contribution in [2.45, 2.75) is 19.9 Å². The third kappa shape index (κ3) is 3.72. The van der Waals surface area contributed by atoms with Gasteiger partial charge in [0.2, 0.25) is 5.75 Å². The Hall–Kier alpha value is -2.56. The van der Waals surface area contributed by atoms with Gasteiger partial charge < -0.3 is 25.4 Å². The molecule has 0 heterocycles. The van der Waals surface area contributed by atoms with Gasteiger partial charge in [-0.1, -0.05) is 6.92 Å². The predicted molar refractivity (Wildman–Crippen MR) is 81.0 cm³/mol. The maximum Gasteiger partial charge on any atom is 0.200 e. The minimum atomic E-state index is -0.502. The van der Waals surface area contributed by atoms with Crippen LogP contribution in [0.1, 0.15) is 18.9 Å². The van der Waals surface area contributed by atoms with Gasteiger partial charge in [0.15, 0.2) is 11.5 Å². The SMILES string of the molecule is CCCOc1ccc(NCc2ccc(O)c(O)c2O)cc1. The number of rotatable bonds is 6. The lowest BCUT2D eigenvalue weighted by Crippen LogP contribution is -2.00. The molecule has 21 heavy (non-hydrogen) atoms. The number of ether oxygens (including phenoxy) is 1. The highest BCUT2D eigenvalue weighted by atomic mass is 16.5. The number of hydrogen-bond acceptors (Lipinski definition) is 5. The fourth-order valence-electron chi connectivity index (χ4n) is 1.84. The zero-order chi connectivity index (χ0) is 15.2. The van der Waals surface area contributed by atoms with Gasteiger partial charge in [0.05, 0.1) is 6.61 Å². The molecule has 5 heteroatoms. The fraction of sp³-hybridized carbons (Fsp3) is 0.250. The molecule has 2 aromatic rings. The predicted octanol–water partition coefficient (Wildman–Crippen LogP) is 3.20. The summed E-state index contributed by atoms with van der Waals surface area (Å²) in [5.74, 6) is -0.343. The molecular weight excluding hydrogens is 270 g/mol. The third-order valence-corrected chi connectivity index (χ3v) is 3.02. The Morgan fingerprint density at radius 1 is 0.952 bits per heavy atom. The van der Waals surface area contributed by atoms with Crippen molar-refractivity contribution in [3.63, 3.8) is 0 Å². The van der Waals surface area contributed by atoms with Gasteiger partial charge in [0, 0.05) is 17.8 Å². The molecule has 0 spiro atoms. The molecule has 2 aromatic carbocycles. The molecule has 0 radical (unpaired) electrons. The Bertz CT molecular complexity index is 596. The van der Waals surface area contributed by atoms with Crippen LogP contribution in [0.15, 0.2) is 36.4 Å². The molecule has 0 fully saturated rings. The van der Waals surface area contributed by atoms with Crippen LogP contribution in [0.5, 0.6) is 23.0 Å². The van der Waals surface area contributed by atoms with Crippen LogP contribution in [0.25, 0.3) is 0 Å². The van der Waals surface area contributed by atoms with Crippen molar-refractivity contribution in [1.82, 2.24) is 0 Å². The number of phenolic OH excluding ortho intramolecular Hbond substituents is 3. The minimum absolute atomic E-state index is 0.314. The first-order valence-electron chi connectivity index (χ1n) is 6.81. The molecule has 0 bridgehead atoms. The van der Waals surface area contributed by atoms with Crippen LogP contribution < -0.4 is 10.1 Å². The van der Waals surface area contributed by atoms with Crippen molar-refractivity contribution in [3.05, 3.63) is 42.0 Å². The van der Waals surface area contributed by atoms with Crippen LogP contribution in [0.4, 0.5) is 5.69 Å². The largest absolute Gasteiger partial charge is 0.504 e. The highest BCUT2D eigenvalue weighted by Gasteiger charge is 2.10. The van der Waals surface area contributed by atoms with Crippen LogP contribution >= 0.6 is 0 Å². The van der Waals surface area contributed by atoms with Crippen molar-refractivity contribution in [3.8, 4) is 23.0 Å². The molecule has 0 aromatic heterocycles. The second kappa shape index (κ2) is 6.74. The molecule has 5 nitrogen and oxygen atoms in total. The summed E-state index contributed by atoms with van der Waals surface area (Å²) in [6.45, 7) is 3.07. The van der Waals surface area contributed by atoms with Gasteiger partial charge in [-0.3, -0.25) is 0 Å². The maximum atomic E-state index is 9.73. The van der Waals surface area contributed by atoms with Crippen LogP contribution in [0.2, 0.25) is 0 Å². The minimum Gasteiger partial charge on any atom is -0.504 e. The normalized spacial score (nSPS) is 10.3. The maximum absolute atomic E-state index is 9.73. The number of phenols is 3. The van der Waals surface area contributed by atoms with Gasteiger partial charge in [-0.05, 0) is 42.8 Å². The van der Waals surface area contributed by atoms with E-state index in [-0.39, 0.29) is 11.5 Å². The van der Waals surface area contributed by atoms with Gasteiger partial charge in [-0.15, -0.1) is 0 Å². The van der Waals surface area contributed by atoms with E-state index in [1.165, 1.54) is 6.07 Å². The second-order valence-electron chi connectivity index (χ2n) is 4.67. The Labute approximate surface area is 123 Å². The summed E-state index contributed by atoms with van der Waals surface area (Å²) >= 11 is 0.